The third kappa shape index (κ3) is 16.6. The topological polar surface area (TPSA) is 175 Å². The SMILES string of the molecule is C.COc1ccc([C@@H]2c3ccc(O)cc3OC[C@@H]2c2ccc(C)cc2)cc1.COc1ccc([C@@H]2c3ccc(O)cc3OC[C@H]2c2ccc(O)cc2)cc1.COc1ccc([C@H]2c3ccc(O)cc3OC[C@@H]2c2ccc(C)cc2)cc1.COc1ccc([C@H]2c3ccc(O)cc3OC[C@H]2c2ccc(C)cc2)cc1. The van der Waals surface area contributed by atoms with E-state index in [1.54, 1.807) is 89.1 Å². The van der Waals surface area contributed by atoms with Gasteiger partial charge in [0, 0.05) is 93.9 Å². The fraction of sp³-hybridized carbons (Fsp3) is 0.217. The molecule has 5 N–H and O–H groups in total. The second-order valence-electron chi connectivity index (χ2n) is 26.9. The predicted molar refractivity (Wildman–Crippen MR) is 413 cm³/mol. The second kappa shape index (κ2) is 33.0. The van der Waals surface area contributed by atoms with Gasteiger partial charge in [0.05, 0.1) is 54.9 Å². The molecule has 0 unspecified atom stereocenters. The summed E-state index contributed by atoms with van der Waals surface area (Å²) in [5, 5.41) is 48.9. The van der Waals surface area contributed by atoms with E-state index in [1.807, 2.05) is 84.9 Å². The Morgan fingerprint density at radius 2 is 0.419 bits per heavy atom. The van der Waals surface area contributed by atoms with E-state index in [1.165, 1.54) is 50.1 Å². The molecule has 0 radical (unpaired) electrons. The van der Waals surface area contributed by atoms with Gasteiger partial charge >= 0.3 is 0 Å². The van der Waals surface area contributed by atoms with Crippen molar-refractivity contribution in [3.63, 3.8) is 0 Å². The highest BCUT2D eigenvalue weighted by molar-refractivity contribution is 5.56. The van der Waals surface area contributed by atoms with Crippen molar-refractivity contribution in [2.75, 3.05) is 54.9 Å². The van der Waals surface area contributed by atoms with Crippen molar-refractivity contribution in [3.05, 3.63) is 350 Å². The summed E-state index contributed by atoms with van der Waals surface area (Å²) in [6.07, 6.45) is 0. The Morgan fingerprint density at radius 3 is 0.619 bits per heavy atom. The minimum atomic E-state index is 0. The van der Waals surface area contributed by atoms with Crippen molar-refractivity contribution < 1.29 is 63.4 Å². The molecule has 4 aliphatic heterocycles. The molecule has 4 aliphatic rings. The lowest BCUT2D eigenvalue weighted by Crippen LogP contribution is -2.25. The maximum atomic E-state index is 9.83. The lowest BCUT2D eigenvalue weighted by atomic mass is 9.76. The number of fused-ring (bicyclic) bond motifs is 4. The van der Waals surface area contributed by atoms with E-state index in [-0.39, 0.29) is 83.5 Å². The molecule has 13 nitrogen and oxygen atoms in total. The second-order valence-corrected chi connectivity index (χ2v) is 26.9. The number of benzene rings is 12. The zero-order valence-electron chi connectivity index (χ0n) is 59.4. The maximum absolute atomic E-state index is 9.83. The molecule has 0 saturated carbocycles. The summed E-state index contributed by atoms with van der Waals surface area (Å²) < 4.78 is 45.2. The van der Waals surface area contributed by atoms with E-state index in [4.69, 9.17) is 37.9 Å². The molecule has 0 fully saturated rings. The van der Waals surface area contributed by atoms with E-state index in [0.717, 1.165) is 73.6 Å². The highest BCUT2D eigenvalue weighted by Crippen LogP contribution is 2.52. The zero-order chi connectivity index (χ0) is 72.4. The first-order chi connectivity index (χ1) is 50.6. The average Bonchev–Trinajstić information content (AvgIpc) is 0.789. The van der Waals surface area contributed by atoms with Crippen LogP contribution in [0.3, 0.4) is 0 Å². The number of phenolic OH excluding ortho intramolecular Hbond substituents is 5. The van der Waals surface area contributed by atoms with Crippen molar-refractivity contribution in [3.8, 4) is 74.7 Å². The van der Waals surface area contributed by atoms with Crippen LogP contribution in [0.15, 0.2) is 267 Å². The van der Waals surface area contributed by atoms with Crippen LogP contribution in [0.1, 0.15) is 138 Å². The quantitative estimate of drug-likeness (QED) is 0.0782. The van der Waals surface area contributed by atoms with Crippen molar-refractivity contribution in [1.29, 1.82) is 0 Å². The highest BCUT2D eigenvalue weighted by Gasteiger charge is 2.38. The van der Waals surface area contributed by atoms with Crippen molar-refractivity contribution in [2.45, 2.75) is 75.5 Å². The molecule has 4 heterocycles. The molecule has 0 aliphatic carbocycles. The number of aryl methyl sites for hydroxylation is 3. The van der Waals surface area contributed by atoms with Gasteiger partial charge in [-0.2, -0.15) is 0 Å². The van der Waals surface area contributed by atoms with Crippen LogP contribution in [0.25, 0.3) is 0 Å². The minimum absolute atomic E-state index is 0. The zero-order valence-corrected chi connectivity index (χ0v) is 59.4. The Bertz CT molecular complexity index is 4210. The minimum Gasteiger partial charge on any atom is -0.508 e. The molecule has 0 amide bonds. The molecular formula is C92H90O13. The molecule has 0 spiro atoms. The van der Waals surface area contributed by atoms with Crippen LogP contribution >= 0.6 is 0 Å². The Hall–Kier alpha value is -12.0. The van der Waals surface area contributed by atoms with Gasteiger partial charge in [0.1, 0.15) is 74.7 Å². The normalized spacial score (nSPS) is 18.5. The number of phenols is 5. The van der Waals surface area contributed by atoms with Gasteiger partial charge in [-0.25, -0.2) is 0 Å². The van der Waals surface area contributed by atoms with E-state index in [0.29, 0.717) is 32.2 Å². The van der Waals surface area contributed by atoms with Crippen LogP contribution in [0.4, 0.5) is 0 Å². The molecule has 12 aromatic rings. The van der Waals surface area contributed by atoms with Gasteiger partial charge in [0.2, 0.25) is 0 Å². The van der Waals surface area contributed by atoms with Gasteiger partial charge < -0.3 is 63.4 Å². The third-order valence-corrected chi connectivity index (χ3v) is 20.3. The van der Waals surface area contributed by atoms with Gasteiger partial charge in [-0.1, -0.05) is 182 Å². The van der Waals surface area contributed by atoms with Crippen LogP contribution in [-0.4, -0.2) is 80.4 Å². The Labute approximate surface area is 615 Å². The van der Waals surface area contributed by atoms with Crippen LogP contribution < -0.4 is 37.9 Å². The molecule has 0 saturated heterocycles. The number of aromatic hydroxyl groups is 5. The van der Waals surface area contributed by atoms with Crippen molar-refractivity contribution in [1.82, 2.24) is 0 Å². The molecule has 105 heavy (non-hydrogen) atoms. The largest absolute Gasteiger partial charge is 0.508 e. The number of methoxy groups -OCH3 is 4. The fourth-order valence-electron chi connectivity index (χ4n) is 14.8. The lowest BCUT2D eigenvalue weighted by molar-refractivity contribution is 0.247. The van der Waals surface area contributed by atoms with Gasteiger partial charge in [-0.05, 0) is 150 Å². The summed E-state index contributed by atoms with van der Waals surface area (Å²) >= 11 is 0. The van der Waals surface area contributed by atoms with E-state index in [9.17, 15) is 25.5 Å². The summed E-state index contributed by atoms with van der Waals surface area (Å²) in [6, 6.07) is 87.5. The highest BCUT2D eigenvalue weighted by atomic mass is 16.5. The smallest absolute Gasteiger partial charge is 0.126 e. The summed E-state index contributed by atoms with van der Waals surface area (Å²) in [5.41, 5.74) is 17.8. The Balaban J connectivity index is 0.000000131. The maximum Gasteiger partial charge on any atom is 0.126 e. The summed E-state index contributed by atoms with van der Waals surface area (Å²) in [5.74, 6) is 8.75. The monoisotopic (exact) mass is 1400 g/mol. The Kier molecular flexibility index (Phi) is 22.9. The van der Waals surface area contributed by atoms with E-state index in [2.05, 4.69) is 142 Å². The number of ether oxygens (including phenoxy) is 8. The Morgan fingerprint density at radius 1 is 0.238 bits per heavy atom. The molecule has 0 aromatic heterocycles. The van der Waals surface area contributed by atoms with Crippen molar-refractivity contribution in [2.24, 2.45) is 0 Å². The van der Waals surface area contributed by atoms with Crippen LogP contribution in [0, 0.1) is 20.8 Å². The van der Waals surface area contributed by atoms with E-state index < -0.39 is 0 Å². The molecule has 13 heteroatoms. The van der Waals surface area contributed by atoms with Gasteiger partial charge in [-0.15, -0.1) is 0 Å². The molecular weight excluding hydrogens is 1310 g/mol. The summed E-state index contributed by atoms with van der Waals surface area (Å²) in [4.78, 5) is 0. The number of hydrogen-bond acceptors (Lipinski definition) is 13. The van der Waals surface area contributed by atoms with Gasteiger partial charge in [0.15, 0.2) is 0 Å². The van der Waals surface area contributed by atoms with Gasteiger partial charge in [-0.3, -0.25) is 0 Å². The standard InChI is InChI=1S/3C23H22O3.C22H20O4.CH4/c3*1-15-3-5-16(6-4-15)21-14-26-22-13-18(24)9-12-20(22)23(21)17-7-10-19(25-2)11-8-17;1-25-18-9-4-15(5-10-18)22-19-11-8-17(24)12-21(19)26-13-20(22)14-2-6-16(23)7-3-14;/h3*3-13,21,23-24H,14H2,1-2H3;2-12,20,22-24H,13H2,1H3;1H4/t21-,23+;2*21-,23-;20-,22+;/m1100./s1. The molecule has 16 rings (SSSR count). The molecule has 12 aromatic carbocycles. The van der Waals surface area contributed by atoms with E-state index >= 15 is 0 Å². The fourth-order valence-corrected chi connectivity index (χ4v) is 14.8. The average molecular weight is 1400 g/mol. The third-order valence-electron chi connectivity index (χ3n) is 20.3. The molecule has 8 atom stereocenters. The molecule has 0 bridgehead atoms. The summed E-state index contributed by atoms with van der Waals surface area (Å²) in [6.45, 7) is 8.53. The van der Waals surface area contributed by atoms with Crippen LogP contribution in [0.5, 0.6) is 74.7 Å². The predicted octanol–water partition coefficient (Wildman–Crippen LogP) is 20.1. The molecule has 536 valence electrons. The van der Waals surface area contributed by atoms with Crippen molar-refractivity contribution >= 4 is 0 Å². The number of rotatable bonds is 12. The summed E-state index contributed by atoms with van der Waals surface area (Å²) in [7, 11) is 6.69. The first-order valence-corrected chi connectivity index (χ1v) is 35.0. The van der Waals surface area contributed by atoms with Crippen LogP contribution in [0.2, 0.25) is 0 Å². The number of hydrogen-bond donors (Lipinski definition) is 5. The van der Waals surface area contributed by atoms with Gasteiger partial charge in [0.25, 0.3) is 0 Å². The first kappa shape index (κ1) is 72.8. The van der Waals surface area contributed by atoms with Crippen LogP contribution in [-0.2, 0) is 0 Å². The first-order valence-electron chi connectivity index (χ1n) is 35.0. The lowest BCUT2D eigenvalue weighted by Gasteiger charge is -2.34.